The molecule has 18 heavy (non-hydrogen) atoms. The molecule has 0 aliphatic heterocycles. The molecule has 92 valence electrons. The van der Waals surface area contributed by atoms with Gasteiger partial charge in [-0.1, -0.05) is 6.07 Å². The van der Waals surface area contributed by atoms with E-state index < -0.39 is 6.09 Å². The van der Waals surface area contributed by atoms with E-state index in [2.05, 4.69) is 15.0 Å². The number of aromatic nitrogens is 1. The van der Waals surface area contributed by atoms with E-state index in [1.54, 1.807) is 24.3 Å². The number of carbonyl (C=O) groups excluding carboxylic acids is 1. The number of nitrogens with zero attached hydrogens (tertiary/aromatic N) is 1. The van der Waals surface area contributed by atoms with Gasteiger partial charge in [0.15, 0.2) is 0 Å². The van der Waals surface area contributed by atoms with E-state index in [9.17, 15) is 4.79 Å². The first-order chi connectivity index (χ1) is 8.63. The van der Waals surface area contributed by atoms with Gasteiger partial charge in [0.1, 0.15) is 0 Å². The second-order valence-corrected chi connectivity index (χ2v) is 3.55. The summed E-state index contributed by atoms with van der Waals surface area (Å²) >= 11 is 0. The highest BCUT2D eigenvalue weighted by Gasteiger charge is 2.02. The van der Waals surface area contributed by atoms with Crippen LogP contribution in [0.3, 0.4) is 0 Å². The van der Waals surface area contributed by atoms with Crippen LogP contribution >= 0.6 is 0 Å². The molecule has 1 amide bonds. The van der Waals surface area contributed by atoms with Crippen molar-refractivity contribution in [3.05, 3.63) is 42.6 Å². The SMILES string of the molecule is NC(=O)Oc1cc(Nc2cccc(N)c2)ccn1. The number of nitrogens with one attached hydrogen (secondary N) is 1. The molecule has 2 aromatic rings. The minimum absolute atomic E-state index is 0.136. The molecule has 0 saturated heterocycles. The summed E-state index contributed by atoms with van der Waals surface area (Å²) in [7, 11) is 0. The molecule has 0 radical (unpaired) electrons. The number of benzene rings is 1. The van der Waals surface area contributed by atoms with E-state index in [0.29, 0.717) is 11.4 Å². The van der Waals surface area contributed by atoms with Crippen molar-refractivity contribution in [1.82, 2.24) is 4.98 Å². The Morgan fingerprint density at radius 3 is 2.72 bits per heavy atom. The Morgan fingerprint density at radius 1 is 1.22 bits per heavy atom. The molecule has 0 unspecified atom stereocenters. The van der Waals surface area contributed by atoms with Crippen LogP contribution in [-0.4, -0.2) is 11.1 Å². The first-order valence-electron chi connectivity index (χ1n) is 5.19. The summed E-state index contributed by atoms with van der Waals surface area (Å²) < 4.78 is 4.68. The van der Waals surface area contributed by atoms with Crippen LogP contribution in [0, 0.1) is 0 Å². The fraction of sp³-hybridized carbons (Fsp3) is 0. The third kappa shape index (κ3) is 3.11. The third-order valence-electron chi connectivity index (χ3n) is 2.12. The van der Waals surface area contributed by atoms with Crippen LogP contribution in [0.15, 0.2) is 42.6 Å². The van der Waals surface area contributed by atoms with Gasteiger partial charge in [0.05, 0.1) is 0 Å². The lowest BCUT2D eigenvalue weighted by Crippen LogP contribution is -2.16. The predicted molar refractivity (Wildman–Crippen MR) is 68.6 cm³/mol. The maximum Gasteiger partial charge on any atom is 0.411 e. The number of ether oxygens (including phenoxy) is 1. The molecule has 0 bridgehead atoms. The van der Waals surface area contributed by atoms with E-state index in [0.717, 1.165) is 5.69 Å². The van der Waals surface area contributed by atoms with Crippen molar-refractivity contribution in [3.8, 4) is 5.88 Å². The van der Waals surface area contributed by atoms with Gasteiger partial charge in [-0.25, -0.2) is 9.78 Å². The van der Waals surface area contributed by atoms with Crippen LogP contribution in [-0.2, 0) is 0 Å². The molecule has 5 N–H and O–H groups in total. The number of nitrogen functional groups attached to an aromatic ring is 1. The second-order valence-electron chi connectivity index (χ2n) is 3.55. The Hall–Kier alpha value is -2.76. The Balaban J connectivity index is 2.16. The van der Waals surface area contributed by atoms with Gasteiger partial charge in [0, 0.05) is 29.3 Å². The van der Waals surface area contributed by atoms with Crippen molar-refractivity contribution in [3.63, 3.8) is 0 Å². The molecule has 1 aromatic carbocycles. The summed E-state index contributed by atoms with van der Waals surface area (Å²) in [6.07, 6.45) is 0.607. The van der Waals surface area contributed by atoms with Gasteiger partial charge < -0.3 is 21.5 Å². The number of amides is 1. The lowest BCUT2D eigenvalue weighted by Gasteiger charge is -2.07. The number of nitrogens with two attached hydrogens (primary N) is 2. The summed E-state index contributed by atoms with van der Waals surface area (Å²) in [6.45, 7) is 0. The molecule has 0 aliphatic carbocycles. The maximum atomic E-state index is 10.6. The van der Waals surface area contributed by atoms with Crippen molar-refractivity contribution in [2.45, 2.75) is 0 Å². The van der Waals surface area contributed by atoms with Crippen LogP contribution in [0.5, 0.6) is 5.88 Å². The van der Waals surface area contributed by atoms with Crippen molar-refractivity contribution >= 4 is 23.2 Å². The van der Waals surface area contributed by atoms with E-state index in [1.165, 1.54) is 6.20 Å². The second kappa shape index (κ2) is 5.05. The molecular weight excluding hydrogens is 232 g/mol. The zero-order valence-electron chi connectivity index (χ0n) is 9.46. The van der Waals surface area contributed by atoms with Crippen LogP contribution in [0.4, 0.5) is 21.9 Å². The highest BCUT2D eigenvalue weighted by atomic mass is 16.6. The lowest BCUT2D eigenvalue weighted by molar-refractivity contribution is 0.209. The predicted octanol–water partition coefficient (Wildman–Crippen LogP) is 1.86. The largest absolute Gasteiger partial charge is 0.411 e. The molecular formula is C12H12N4O2. The number of anilines is 3. The van der Waals surface area contributed by atoms with Crippen molar-refractivity contribution < 1.29 is 9.53 Å². The number of primary amides is 1. The molecule has 0 atom stereocenters. The number of hydrogen-bond donors (Lipinski definition) is 3. The molecule has 6 heteroatoms. The summed E-state index contributed by atoms with van der Waals surface area (Å²) in [5.41, 5.74) is 12.8. The number of hydrogen-bond acceptors (Lipinski definition) is 5. The number of pyridine rings is 1. The van der Waals surface area contributed by atoms with Crippen molar-refractivity contribution in [2.75, 3.05) is 11.1 Å². The molecule has 0 fully saturated rings. The molecule has 1 heterocycles. The fourth-order valence-electron chi connectivity index (χ4n) is 1.43. The highest BCUT2D eigenvalue weighted by Crippen LogP contribution is 2.20. The lowest BCUT2D eigenvalue weighted by atomic mass is 10.2. The van der Waals surface area contributed by atoms with Gasteiger partial charge in [-0.2, -0.15) is 0 Å². The van der Waals surface area contributed by atoms with Crippen LogP contribution in [0.2, 0.25) is 0 Å². The van der Waals surface area contributed by atoms with E-state index >= 15 is 0 Å². The topological polar surface area (TPSA) is 103 Å². The standard InChI is InChI=1S/C12H12N4O2/c13-8-2-1-3-9(6-8)16-10-4-5-15-11(7-10)18-12(14)17/h1-7H,13H2,(H2,14,17)(H,15,16). The molecule has 0 saturated carbocycles. The summed E-state index contributed by atoms with van der Waals surface area (Å²) in [5, 5.41) is 3.11. The summed E-state index contributed by atoms with van der Waals surface area (Å²) in [4.78, 5) is 14.5. The Morgan fingerprint density at radius 2 is 2.00 bits per heavy atom. The van der Waals surface area contributed by atoms with Crippen LogP contribution in [0.25, 0.3) is 0 Å². The molecule has 0 spiro atoms. The number of carbonyl (C=O) groups is 1. The van der Waals surface area contributed by atoms with Crippen LogP contribution < -0.4 is 21.5 Å². The summed E-state index contributed by atoms with van der Waals surface area (Å²) in [5.74, 6) is 0.136. The van der Waals surface area contributed by atoms with E-state index in [1.807, 2.05) is 12.1 Å². The van der Waals surface area contributed by atoms with Gasteiger partial charge in [-0.15, -0.1) is 0 Å². The Labute approximate surface area is 104 Å². The normalized spacial score (nSPS) is 9.78. The fourth-order valence-corrected chi connectivity index (χ4v) is 1.43. The van der Waals surface area contributed by atoms with E-state index in [-0.39, 0.29) is 5.88 Å². The van der Waals surface area contributed by atoms with Crippen LogP contribution in [0.1, 0.15) is 0 Å². The van der Waals surface area contributed by atoms with Gasteiger partial charge in [0.2, 0.25) is 5.88 Å². The van der Waals surface area contributed by atoms with Crippen molar-refractivity contribution in [1.29, 1.82) is 0 Å². The monoisotopic (exact) mass is 244 g/mol. The molecule has 1 aromatic heterocycles. The molecule has 2 rings (SSSR count). The Kier molecular flexibility index (Phi) is 3.29. The van der Waals surface area contributed by atoms with Gasteiger partial charge >= 0.3 is 6.09 Å². The minimum Gasteiger partial charge on any atom is -0.399 e. The molecule has 0 aliphatic rings. The smallest absolute Gasteiger partial charge is 0.399 e. The van der Waals surface area contributed by atoms with Gasteiger partial charge in [0.25, 0.3) is 0 Å². The Bertz CT molecular complexity index is 572. The van der Waals surface area contributed by atoms with E-state index in [4.69, 9.17) is 11.5 Å². The zero-order chi connectivity index (χ0) is 13.0. The molecule has 6 nitrogen and oxygen atoms in total. The summed E-state index contributed by atoms with van der Waals surface area (Å²) in [6, 6.07) is 10.6. The first kappa shape index (κ1) is 11.7. The highest BCUT2D eigenvalue weighted by molar-refractivity contribution is 5.69. The zero-order valence-corrected chi connectivity index (χ0v) is 9.46. The average molecular weight is 244 g/mol. The first-order valence-corrected chi connectivity index (χ1v) is 5.19. The average Bonchev–Trinajstić information content (AvgIpc) is 2.28. The maximum absolute atomic E-state index is 10.6. The van der Waals surface area contributed by atoms with Crippen molar-refractivity contribution in [2.24, 2.45) is 5.73 Å². The third-order valence-corrected chi connectivity index (χ3v) is 2.12. The van der Waals surface area contributed by atoms with Gasteiger partial charge in [-0.05, 0) is 24.3 Å². The number of rotatable bonds is 3. The van der Waals surface area contributed by atoms with Gasteiger partial charge in [-0.3, -0.25) is 0 Å². The minimum atomic E-state index is -0.899. The quantitative estimate of drug-likeness (QED) is 0.715.